The fraction of sp³-hybridized carbons (Fsp3) is 0.375. The summed E-state index contributed by atoms with van der Waals surface area (Å²) in [7, 11) is 0. The molecular weight excluding hydrogens is 154 g/mol. The smallest absolute Gasteiger partial charge is 0.239 e. The van der Waals surface area contributed by atoms with Crippen molar-refractivity contribution in [3.63, 3.8) is 0 Å². The van der Waals surface area contributed by atoms with E-state index in [-0.39, 0.29) is 0 Å². The van der Waals surface area contributed by atoms with Crippen LogP contribution >= 0.6 is 0 Å². The molecule has 0 aromatic carbocycles. The first kappa shape index (κ1) is 8.56. The van der Waals surface area contributed by atoms with E-state index < -0.39 is 0 Å². The SMILES string of the molecule is CCc1nc(C)ncc1N=C=O. The number of aromatic nitrogens is 2. The molecule has 62 valence electrons. The van der Waals surface area contributed by atoms with Crippen LogP contribution in [-0.4, -0.2) is 16.0 Å². The molecule has 0 amide bonds. The van der Waals surface area contributed by atoms with E-state index in [0.29, 0.717) is 11.5 Å². The summed E-state index contributed by atoms with van der Waals surface area (Å²) in [5.74, 6) is 0.691. The van der Waals surface area contributed by atoms with Gasteiger partial charge >= 0.3 is 0 Å². The molecule has 0 atom stereocenters. The third-order valence-electron chi connectivity index (χ3n) is 1.47. The first-order valence-corrected chi connectivity index (χ1v) is 3.68. The molecule has 1 aromatic rings. The zero-order valence-electron chi connectivity index (χ0n) is 7.03. The van der Waals surface area contributed by atoms with Crippen LogP contribution in [0.4, 0.5) is 5.69 Å². The van der Waals surface area contributed by atoms with Crippen LogP contribution in [0.25, 0.3) is 0 Å². The van der Waals surface area contributed by atoms with Gasteiger partial charge in [0.15, 0.2) is 0 Å². The molecule has 0 bridgehead atoms. The van der Waals surface area contributed by atoms with Gasteiger partial charge < -0.3 is 0 Å². The van der Waals surface area contributed by atoms with Crippen molar-refractivity contribution in [3.8, 4) is 0 Å². The number of nitrogens with zero attached hydrogens (tertiary/aromatic N) is 3. The second-order valence-electron chi connectivity index (χ2n) is 2.31. The Bertz CT molecular complexity index is 329. The summed E-state index contributed by atoms with van der Waals surface area (Å²) < 4.78 is 0. The Labute approximate surface area is 70.4 Å². The number of aliphatic imine (C=N–C) groups is 1. The highest BCUT2D eigenvalue weighted by Gasteiger charge is 2.01. The monoisotopic (exact) mass is 163 g/mol. The molecule has 0 aliphatic rings. The zero-order chi connectivity index (χ0) is 8.97. The molecule has 0 aliphatic heterocycles. The van der Waals surface area contributed by atoms with Gasteiger partial charge in [-0.15, -0.1) is 0 Å². The molecule has 4 heteroatoms. The quantitative estimate of drug-likeness (QED) is 0.488. The van der Waals surface area contributed by atoms with E-state index in [2.05, 4.69) is 15.0 Å². The van der Waals surface area contributed by atoms with Crippen molar-refractivity contribution in [2.75, 3.05) is 0 Å². The van der Waals surface area contributed by atoms with Gasteiger partial charge in [0.05, 0.1) is 11.9 Å². The predicted octanol–water partition coefficient (Wildman–Crippen LogP) is 1.31. The Morgan fingerprint density at radius 2 is 2.42 bits per heavy atom. The Morgan fingerprint density at radius 1 is 1.67 bits per heavy atom. The van der Waals surface area contributed by atoms with Gasteiger partial charge in [0.1, 0.15) is 11.5 Å². The van der Waals surface area contributed by atoms with Gasteiger partial charge in [0.2, 0.25) is 6.08 Å². The number of isocyanates is 1. The highest BCUT2D eigenvalue weighted by molar-refractivity contribution is 5.50. The molecule has 0 saturated carbocycles. The maximum Gasteiger partial charge on any atom is 0.240 e. The second kappa shape index (κ2) is 3.74. The molecule has 0 aliphatic carbocycles. The van der Waals surface area contributed by atoms with Crippen molar-refractivity contribution >= 4 is 11.8 Å². The summed E-state index contributed by atoms with van der Waals surface area (Å²) >= 11 is 0. The standard InChI is InChI=1S/C8H9N3O/c1-3-7-8(10-5-12)4-9-6(2)11-7/h4H,3H2,1-2H3. The van der Waals surface area contributed by atoms with Crippen molar-refractivity contribution in [2.24, 2.45) is 4.99 Å². The summed E-state index contributed by atoms with van der Waals surface area (Å²) in [5.41, 5.74) is 1.30. The number of carbonyl (C=O) groups excluding carboxylic acids is 1. The normalized spacial score (nSPS) is 9.17. The summed E-state index contributed by atoms with van der Waals surface area (Å²) in [6.07, 6.45) is 3.75. The Balaban J connectivity index is 3.19. The molecule has 0 radical (unpaired) electrons. The summed E-state index contributed by atoms with van der Waals surface area (Å²) in [6, 6.07) is 0. The van der Waals surface area contributed by atoms with E-state index in [1.165, 1.54) is 12.3 Å². The van der Waals surface area contributed by atoms with Crippen LogP contribution in [0.3, 0.4) is 0 Å². The number of aryl methyl sites for hydroxylation is 2. The van der Waals surface area contributed by atoms with Crippen molar-refractivity contribution in [2.45, 2.75) is 20.3 Å². The van der Waals surface area contributed by atoms with Gasteiger partial charge in [-0.2, -0.15) is 4.99 Å². The van der Waals surface area contributed by atoms with Gasteiger partial charge in [-0.25, -0.2) is 14.8 Å². The van der Waals surface area contributed by atoms with Crippen molar-refractivity contribution < 1.29 is 4.79 Å². The minimum absolute atomic E-state index is 0.512. The first-order chi connectivity index (χ1) is 5.77. The van der Waals surface area contributed by atoms with E-state index in [4.69, 9.17) is 0 Å². The molecule has 0 spiro atoms. The topological polar surface area (TPSA) is 55.2 Å². The Hall–Kier alpha value is -1.54. The number of rotatable bonds is 2. The van der Waals surface area contributed by atoms with Crippen LogP contribution in [0.2, 0.25) is 0 Å². The second-order valence-corrected chi connectivity index (χ2v) is 2.31. The van der Waals surface area contributed by atoms with Crippen molar-refractivity contribution in [1.29, 1.82) is 0 Å². The average molecular weight is 163 g/mol. The molecule has 12 heavy (non-hydrogen) atoms. The highest BCUT2D eigenvalue weighted by Crippen LogP contribution is 2.14. The van der Waals surface area contributed by atoms with Gasteiger partial charge in [-0.3, -0.25) is 0 Å². The van der Waals surface area contributed by atoms with Gasteiger partial charge in [-0.1, -0.05) is 6.92 Å². The fourth-order valence-corrected chi connectivity index (χ4v) is 0.913. The maximum absolute atomic E-state index is 9.98. The van der Waals surface area contributed by atoms with Crippen LogP contribution in [0.15, 0.2) is 11.2 Å². The summed E-state index contributed by atoms with van der Waals surface area (Å²) in [6.45, 7) is 3.75. The van der Waals surface area contributed by atoms with Crippen LogP contribution in [-0.2, 0) is 11.2 Å². The number of hydrogen-bond acceptors (Lipinski definition) is 4. The van der Waals surface area contributed by atoms with E-state index in [0.717, 1.165) is 12.1 Å². The molecule has 1 rings (SSSR count). The zero-order valence-corrected chi connectivity index (χ0v) is 7.03. The Kier molecular flexibility index (Phi) is 2.66. The number of hydrogen-bond donors (Lipinski definition) is 0. The maximum atomic E-state index is 9.98. The molecule has 0 unspecified atom stereocenters. The lowest BCUT2D eigenvalue weighted by molar-refractivity contribution is 0.565. The molecule has 1 heterocycles. The lowest BCUT2D eigenvalue weighted by Crippen LogP contribution is -1.93. The minimum atomic E-state index is 0.512. The largest absolute Gasteiger partial charge is 0.240 e. The minimum Gasteiger partial charge on any atom is -0.239 e. The fourth-order valence-electron chi connectivity index (χ4n) is 0.913. The summed E-state index contributed by atoms with van der Waals surface area (Å²) in [5, 5.41) is 0. The van der Waals surface area contributed by atoms with Gasteiger partial charge in [0.25, 0.3) is 0 Å². The molecule has 1 aromatic heterocycles. The molecule has 4 nitrogen and oxygen atoms in total. The van der Waals surface area contributed by atoms with E-state index in [1.807, 2.05) is 6.92 Å². The third kappa shape index (κ3) is 1.74. The summed E-state index contributed by atoms with van der Waals surface area (Å²) in [4.78, 5) is 21.5. The first-order valence-electron chi connectivity index (χ1n) is 3.68. The van der Waals surface area contributed by atoms with E-state index >= 15 is 0 Å². The van der Waals surface area contributed by atoms with E-state index in [1.54, 1.807) is 6.92 Å². The molecule has 0 fully saturated rings. The van der Waals surface area contributed by atoms with Gasteiger partial charge in [-0.05, 0) is 13.3 Å². The van der Waals surface area contributed by atoms with E-state index in [9.17, 15) is 4.79 Å². The van der Waals surface area contributed by atoms with Gasteiger partial charge in [0, 0.05) is 0 Å². The third-order valence-corrected chi connectivity index (χ3v) is 1.47. The van der Waals surface area contributed by atoms with Crippen LogP contribution in [0.5, 0.6) is 0 Å². The lowest BCUT2D eigenvalue weighted by atomic mass is 10.3. The molecule has 0 saturated heterocycles. The molecule has 0 N–H and O–H groups in total. The predicted molar refractivity (Wildman–Crippen MR) is 43.9 cm³/mol. The van der Waals surface area contributed by atoms with Crippen molar-refractivity contribution in [3.05, 3.63) is 17.7 Å². The van der Waals surface area contributed by atoms with Crippen LogP contribution in [0, 0.1) is 6.92 Å². The average Bonchev–Trinajstić information content (AvgIpc) is 2.08. The van der Waals surface area contributed by atoms with Crippen molar-refractivity contribution in [1.82, 2.24) is 9.97 Å². The lowest BCUT2D eigenvalue weighted by Gasteiger charge is -1.99. The molecular formula is C8H9N3O. The Morgan fingerprint density at radius 3 is 3.00 bits per heavy atom. The van der Waals surface area contributed by atoms with Crippen LogP contribution in [0.1, 0.15) is 18.4 Å². The van der Waals surface area contributed by atoms with Crippen LogP contribution < -0.4 is 0 Å². The highest BCUT2D eigenvalue weighted by atomic mass is 16.1.